The largest absolute Gasteiger partial charge is 0.501 e. The summed E-state index contributed by atoms with van der Waals surface area (Å²) in [6.07, 6.45) is 0. The molecule has 0 amide bonds. The Labute approximate surface area is 95.0 Å². The fraction of sp³-hybridized carbons (Fsp3) is 0. The van der Waals surface area contributed by atoms with Crippen molar-refractivity contribution < 1.29 is 16.8 Å². The van der Waals surface area contributed by atoms with Crippen molar-refractivity contribution >= 4 is 45.0 Å². The smallest absolute Gasteiger partial charge is 0.396 e. The first-order chi connectivity index (χ1) is 6.83. The molecule has 0 fully saturated rings. The first-order valence-electron chi connectivity index (χ1n) is 3.53. The molecule has 0 saturated heterocycles. The summed E-state index contributed by atoms with van der Waals surface area (Å²) in [5.41, 5.74) is 10.8. The summed E-state index contributed by atoms with van der Waals surface area (Å²) < 4.78 is 31.0. The second-order valence-electron chi connectivity index (χ2n) is 2.69. The summed E-state index contributed by atoms with van der Waals surface area (Å²) >= 11 is 11.4. The van der Waals surface area contributed by atoms with Crippen molar-refractivity contribution in [2.75, 3.05) is 11.5 Å². The summed E-state index contributed by atoms with van der Waals surface area (Å²) in [5, 5.41) is -0.318. The standard InChI is InChI=1S/C6H4Cl2N2O4S/c7-1-3(9)2(8)6-4(10)5(1)13-15(11,12)14-6/h9-10H2. The molecule has 9 heteroatoms. The lowest BCUT2D eigenvalue weighted by atomic mass is 10.2. The third-order valence-corrected chi connectivity index (χ3v) is 3.22. The second kappa shape index (κ2) is 2.97. The first kappa shape index (κ1) is 10.5. The van der Waals surface area contributed by atoms with E-state index in [-0.39, 0.29) is 32.9 Å². The molecule has 6 nitrogen and oxygen atoms in total. The number of hydrogen-bond acceptors (Lipinski definition) is 6. The minimum atomic E-state index is -4.22. The predicted octanol–water partition coefficient (Wildman–Crippen LogP) is 1.17. The monoisotopic (exact) mass is 270 g/mol. The van der Waals surface area contributed by atoms with E-state index in [0.29, 0.717) is 0 Å². The van der Waals surface area contributed by atoms with Crippen LogP contribution in [-0.2, 0) is 10.4 Å². The Bertz CT molecular complexity index is 504. The number of hydrogen-bond donors (Lipinski definition) is 2. The number of rotatable bonds is 0. The van der Waals surface area contributed by atoms with Crippen molar-refractivity contribution in [2.45, 2.75) is 0 Å². The van der Waals surface area contributed by atoms with E-state index in [1.165, 1.54) is 0 Å². The molecule has 15 heavy (non-hydrogen) atoms. The van der Waals surface area contributed by atoms with Crippen LogP contribution >= 0.6 is 23.2 Å². The van der Waals surface area contributed by atoms with Crippen molar-refractivity contribution in [3.63, 3.8) is 0 Å². The van der Waals surface area contributed by atoms with Gasteiger partial charge in [-0.2, -0.15) is 0 Å². The van der Waals surface area contributed by atoms with Gasteiger partial charge in [-0.05, 0) is 0 Å². The van der Waals surface area contributed by atoms with Gasteiger partial charge < -0.3 is 19.8 Å². The number of fused-ring (bicyclic) bond motifs is 2. The van der Waals surface area contributed by atoms with E-state index >= 15 is 0 Å². The molecule has 2 bridgehead atoms. The second-order valence-corrected chi connectivity index (χ2v) is 4.59. The molecule has 0 atom stereocenters. The summed E-state index contributed by atoms with van der Waals surface area (Å²) in [4.78, 5) is 0. The number of halogens is 2. The zero-order valence-corrected chi connectivity index (χ0v) is 9.28. The summed E-state index contributed by atoms with van der Waals surface area (Å²) in [6, 6.07) is 0. The fourth-order valence-corrected chi connectivity index (χ4v) is 2.46. The molecular formula is C6H4Cl2N2O4S. The van der Waals surface area contributed by atoms with Gasteiger partial charge in [-0.15, -0.1) is 8.42 Å². The highest BCUT2D eigenvalue weighted by atomic mass is 35.5. The molecule has 0 saturated carbocycles. The Morgan fingerprint density at radius 3 is 1.73 bits per heavy atom. The Kier molecular flexibility index (Phi) is 2.07. The fourth-order valence-electron chi connectivity index (χ4n) is 1.06. The molecular weight excluding hydrogens is 267 g/mol. The van der Waals surface area contributed by atoms with E-state index in [4.69, 9.17) is 34.7 Å². The topological polar surface area (TPSA) is 105 Å². The molecule has 1 aliphatic rings. The van der Waals surface area contributed by atoms with Crippen LogP contribution in [0.5, 0.6) is 11.5 Å². The highest BCUT2D eigenvalue weighted by Gasteiger charge is 2.33. The van der Waals surface area contributed by atoms with Crippen LogP contribution in [-0.4, -0.2) is 8.42 Å². The van der Waals surface area contributed by atoms with Crippen molar-refractivity contribution in [3.05, 3.63) is 10.0 Å². The maximum Gasteiger partial charge on any atom is 0.501 e. The minimum Gasteiger partial charge on any atom is -0.396 e. The molecule has 4 N–H and O–H groups in total. The lowest BCUT2D eigenvalue weighted by molar-refractivity contribution is 0.381. The van der Waals surface area contributed by atoms with E-state index in [1.807, 2.05) is 0 Å². The van der Waals surface area contributed by atoms with E-state index in [0.717, 1.165) is 0 Å². The highest BCUT2D eigenvalue weighted by molar-refractivity contribution is 7.82. The first-order valence-corrected chi connectivity index (χ1v) is 5.62. The van der Waals surface area contributed by atoms with Gasteiger partial charge in [-0.3, -0.25) is 0 Å². The van der Waals surface area contributed by atoms with Gasteiger partial charge in [0.05, 0.1) is 5.69 Å². The van der Waals surface area contributed by atoms with Gasteiger partial charge in [0.2, 0.25) is 0 Å². The highest BCUT2D eigenvalue weighted by Crippen LogP contribution is 2.51. The third-order valence-electron chi connectivity index (χ3n) is 1.73. The van der Waals surface area contributed by atoms with Gasteiger partial charge in [0.1, 0.15) is 15.7 Å². The molecule has 0 spiro atoms. The maximum absolute atomic E-state index is 11.1. The maximum atomic E-state index is 11.1. The van der Waals surface area contributed by atoms with E-state index < -0.39 is 10.4 Å². The molecule has 0 aliphatic carbocycles. The van der Waals surface area contributed by atoms with Gasteiger partial charge in [0.25, 0.3) is 0 Å². The Morgan fingerprint density at radius 1 is 0.933 bits per heavy atom. The minimum absolute atomic E-state index is 0.0487. The van der Waals surface area contributed by atoms with Crippen molar-refractivity contribution in [2.24, 2.45) is 0 Å². The number of nitrogens with two attached hydrogens (primary N) is 2. The molecule has 0 radical (unpaired) electrons. The number of benzene rings is 1. The number of nitrogen functional groups attached to an aromatic ring is 2. The van der Waals surface area contributed by atoms with Gasteiger partial charge in [0.15, 0.2) is 11.5 Å². The average molecular weight is 271 g/mol. The summed E-state index contributed by atoms with van der Waals surface area (Å²) in [6.45, 7) is 0. The van der Waals surface area contributed by atoms with Crippen molar-refractivity contribution in [3.8, 4) is 11.5 Å². The van der Waals surface area contributed by atoms with Crippen LogP contribution in [0.1, 0.15) is 0 Å². The van der Waals surface area contributed by atoms with E-state index in [2.05, 4.69) is 8.37 Å². The van der Waals surface area contributed by atoms with Crippen LogP contribution in [0.25, 0.3) is 0 Å². The van der Waals surface area contributed by atoms with Gasteiger partial charge in [-0.25, -0.2) is 0 Å². The van der Waals surface area contributed by atoms with Crippen molar-refractivity contribution in [1.82, 2.24) is 0 Å². The zero-order valence-electron chi connectivity index (χ0n) is 6.95. The normalized spacial score (nSPS) is 16.7. The SMILES string of the molecule is Nc1c(Cl)c2c(N)c(c1Cl)OS(=O)(=O)O2. The van der Waals surface area contributed by atoms with E-state index in [9.17, 15) is 8.42 Å². The Hall–Kier alpha value is -1.05. The molecule has 0 unspecified atom stereocenters. The molecule has 1 aliphatic heterocycles. The zero-order chi connectivity index (χ0) is 11.4. The molecule has 0 aromatic heterocycles. The van der Waals surface area contributed by atoms with Crippen LogP contribution in [0.4, 0.5) is 11.4 Å². The lowest BCUT2D eigenvalue weighted by Gasteiger charge is -2.21. The summed E-state index contributed by atoms with van der Waals surface area (Å²) in [5.74, 6) is -0.528. The van der Waals surface area contributed by atoms with Crippen LogP contribution in [0, 0.1) is 0 Å². The van der Waals surface area contributed by atoms with Crippen LogP contribution in [0.15, 0.2) is 0 Å². The molecule has 1 aromatic carbocycles. The number of anilines is 2. The molecule has 82 valence electrons. The quantitative estimate of drug-likeness (QED) is 0.686. The van der Waals surface area contributed by atoms with Crippen LogP contribution in [0.2, 0.25) is 10.0 Å². The molecule has 2 rings (SSSR count). The molecule has 1 aromatic rings. The Balaban J connectivity index is 2.85. The van der Waals surface area contributed by atoms with Gasteiger partial charge >= 0.3 is 10.4 Å². The van der Waals surface area contributed by atoms with Crippen molar-refractivity contribution in [1.29, 1.82) is 0 Å². The van der Waals surface area contributed by atoms with E-state index in [1.54, 1.807) is 0 Å². The van der Waals surface area contributed by atoms with Gasteiger partial charge in [-0.1, -0.05) is 23.2 Å². The lowest BCUT2D eigenvalue weighted by Crippen LogP contribution is -2.23. The third kappa shape index (κ3) is 1.43. The predicted molar refractivity (Wildman–Crippen MR) is 55.5 cm³/mol. The Morgan fingerprint density at radius 2 is 1.33 bits per heavy atom. The average Bonchev–Trinajstić information content (AvgIpc) is 2.16. The van der Waals surface area contributed by atoms with Gasteiger partial charge in [0, 0.05) is 0 Å². The van der Waals surface area contributed by atoms with Crippen LogP contribution < -0.4 is 19.8 Å². The van der Waals surface area contributed by atoms with Crippen LogP contribution in [0.3, 0.4) is 0 Å². The molecule has 1 heterocycles. The summed E-state index contributed by atoms with van der Waals surface area (Å²) in [7, 11) is -4.22.